The van der Waals surface area contributed by atoms with E-state index >= 15 is 0 Å². The number of hydrogen-bond acceptors (Lipinski definition) is 6. The second-order valence-electron chi connectivity index (χ2n) is 20.1. The van der Waals surface area contributed by atoms with Gasteiger partial charge in [0.25, 0.3) is 0 Å². The van der Waals surface area contributed by atoms with Crippen molar-refractivity contribution in [2.75, 3.05) is 13.2 Å². The highest BCUT2D eigenvalue weighted by Gasteiger charge is 2.19. The van der Waals surface area contributed by atoms with Crippen molar-refractivity contribution in [3.05, 3.63) is 0 Å². The van der Waals surface area contributed by atoms with E-state index in [1.54, 1.807) is 0 Å². The lowest BCUT2D eigenvalue weighted by Gasteiger charge is -2.18. The number of hydrogen-bond donors (Lipinski definition) is 0. The van der Waals surface area contributed by atoms with Crippen LogP contribution in [0.4, 0.5) is 0 Å². The molecule has 0 aromatic carbocycles. The maximum absolute atomic E-state index is 12.8. The summed E-state index contributed by atoms with van der Waals surface area (Å²) in [6.45, 7) is 11.4. The molecule has 63 heavy (non-hydrogen) atoms. The number of unbranched alkanes of at least 4 members (excludes halogenated alkanes) is 34. The molecule has 3 atom stereocenters. The summed E-state index contributed by atoms with van der Waals surface area (Å²) >= 11 is 0. The Kier molecular flexibility index (Phi) is 48.6. The Labute approximate surface area is 393 Å². The normalized spacial score (nSPS) is 12.9. The molecule has 6 heteroatoms. The molecule has 374 valence electrons. The van der Waals surface area contributed by atoms with E-state index in [0.29, 0.717) is 19.3 Å². The number of esters is 3. The van der Waals surface area contributed by atoms with Crippen molar-refractivity contribution in [1.82, 2.24) is 0 Å². The first kappa shape index (κ1) is 61.4. The van der Waals surface area contributed by atoms with Crippen LogP contribution in [-0.4, -0.2) is 37.2 Å². The summed E-state index contributed by atoms with van der Waals surface area (Å²) in [5.74, 6) is 0.933. The topological polar surface area (TPSA) is 78.9 Å². The Morgan fingerprint density at radius 1 is 0.317 bits per heavy atom. The zero-order chi connectivity index (χ0) is 46.1. The van der Waals surface area contributed by atoms with E-state index in [9.17, 15) is 14.4 Å². The quantitative estimate of drug-likeness (QED) is 0.0344. The average molecular weight is 892 g/mol. The Balaban J connectivity index is 4.20. The lowest BCUT2D eigenvalue weighted by atomic mass is 9.99. The highest BCUT2D eigenvalue weighted by atomic mass is 16.6. The summed E-state index contributed by atoms with van der Waals surface area (Å²) < 4.78 is 16.8. The van der Waals surface area contributed by atoms with Gasteiger partial charge in [-0.2, -0.15) is 0 Å². The van der Waals surface area contributed by atoms with Crippen molar-refractivity contribution in [2.45, 2.75) is 323 Å². The summed E-state index contributed by atoms with van der Waals surface area (Å²) in [6, 6.07) is 0. The van der Waals surface area contributed by atoms with Crippen LogP contribution in [0.25, 0.3) is 0 Å². The SMILES string of the molecule is CCCCCCCCCCCC(=O)OC[C@H](COC(=O)CCCCCCCCCCCCC(C)CC)OC(=O)CCCCCCCCCCCCCCCCCCCCC(C)CC. The molecule has 0 bridgehead atoms. The molecular weight excluding hydrogens is 781 g/mol. The van der Waals surface area contributed by atoms with E-state index in [1.807, 2.05) is 0 Å². The van der Waals surface area contributed by atoms with Crippen molar-refractivity contribution in [2.24, 2.45) is 11.8 Å². The van der Waals surface area contributed by atoms with E-state index in [1.165, 1.54) is 205 Å². The van der Waals surface area contributed by atoms with Gasteiger partial charge in [0.2, 0.25) is 0 Å². The van der Waals surface area contributed by atoms with Crippen LogP contribution in [0.2, 0.25) is 0 Å². The molecule has 0 saturated heterocycles. The van der Waals surface area contributed by atoms with Gasteiger partial charge in [0.15, 0.2) is 6.10 Å². The van der Waals surface area contributed by atoms with Gasteiger partial charge in [0.05, 0.1) is 0 Å². The maximum atomic E-state index is 12.8. The largest absolute Gasteiger partial charge is 0.462 e. The smallest absolute Gasteiger partial charge is 0.306 e. The number of carbonyl (C=O) groups is 3. The van der Waals surface area contributed by atoms with E-state index < -0.39 is 6.10 Å². The molecule has 0 spiro atoms. The maximum Gasteiger partial charge on any atom is 0.306 e. The summed E-state index contributed by atoms with van der Waals surface area (Å²) in [4.78, 5) is 38.0. The summed E-state index contributed by atoms with van der Waals surface area (Å²) in [5.41, 5.74) is 0. The van der Waals surface area contributed by atoms with Crippen molar-refractivity contribution in [3.63, 3.8) is 0 Å². The Morgan fingerprint density at radius 3 is 0.825 bits per heavy atom. The lowest BCUT2D eigenvalue weighted by molar-refractivity contribution is -0.167. The predicted octanol–water partition coefficient (Wildman–Crippen LogP) is 18.5. The molecule has 0 aliphatic carbocycles. The Bertz CT molecular complexity index is 966. The fraction of sp³-hybridized carbons (Fsp3) is 0.947. The van der Waals surface area contributed by atoms with E-state index in [0.717, 1.165) is 69.6 Å². The Morgan fingerprint density at radius 2 is 0.556 bits per heavy atom. The summed E-state index contributed by atoms with van der Waals surface area (Å²) in [5, 5.41) is 0. The minimum Gasteiger partial charge on any atom is -0.462 e. The second kappa shape index (κ2) is 49.8. The molecule has 0 aliphatic rings. The molecule has 0 saturated carbocycles. The second-order valence-corrected chi connectivity index (χ2v) is 20.1. The first-order valence-corrected chi connectivity index (χ1v) is 28.3. The first-order chi connectivity index (χ1) is 30.8. The minimum absolute atomic E-state index is 0.0634. The van der Waals surface area contributed by atoms with Gasteiger partial charge in [0, 0.05) is 19.3 Å². The Hall–Kier alpha value is -1.59. The summed E-state index contributed by atoms with van der Waals surface area (Å²) in [6.07, 6.45) is 52.3. The number of rotatable bonds is 51. The third-order valence-corrected chi connectivity index (χ3v) is 13.7. The zero-order valence-electron chi connectivity index (χ0n) is 43.2. The van der Waals surface area contributed by atoms with Gasteiger partial charge in [-0.25, -0.2) is 0 Å². The minimum atomic E-state index is -0.761. The molecule has 2 unspecified atom stereocenters. The van der Waals surface area contributed by atoms with E-state index in [2.05, 4.69) is 34.6 Å². The van der Waals surface area contributed by atoms with Gasteiger partial charge < -0.3 is 14.2 Å². The fourth-order valence-electron chi connectivity index (χ4n) is 8.63. The van der Waals surface area contributed by atoms with Gasteiger partial charge in [-0.05, 0) is 31.1 Å². The van der Waals surface area contributed by atoms with Crippen LogP contribution < -0.4 is 0 Å². The third-order valence-electron chi connectivity index (χ3n) is 13.7. The van der Waals surface area contributed by atoms with Crippen LogP contribution in [-0.2, 0) is 28.6 Å². The first-order valence-electron chi connectivity index (χ1n) is 28.3. The van der Waals surface area contributed by atoms with Crippen LogP contribution in [0.5, 0.6) is 0 Å². The monoisotopic (exact) mass is 891 g/mol. The fourth-order valence-corrected chi connectivity index (χ4v) is 8.63. The number of ether oxygens (including phenoxy) is 3. The highest BCUT2D eigenvalue weighted by molar-refractivity contribution is 5.71. The summed E-state index contributed by atoms with van der Waals surface area (Å²) in [7, 11) is 0. The molecule has 0 fully saturated rings. The van der Waals surface area contributed by atoms with Gasteiger partial charge in [-0.3, -0.25) is 14.4 Å². The van der Waals surface area contributed by atoms with Crippen molar-refractivity contribution < 1.29 is 28.6 Å². The molecule has 0 aromatic rings. The van der Waals surface area contributed by atoms with Crippen LogP contribution in [0, 0.1) is 11.8 Å². The van der Waals surface area contributed by atoms with Crippen molar-refractivity contribution >= 4 is 17.9 Å². The van der Waals surface area contributed by atoms with Gasteiger partial charge >= 0.3 is 17.9 Å². The van der Waals surface area contributed by atoms with Gasteiger partial charge in [-0.15, -0.1) is 0 Å². The molecular formula is C57H110O6. The molecule has 0 radical (unpaired) electrons. The van der Waals surface area contributed by atoms with Crippen molar-refractivity contribution in [3.8, 4) is 0 Å². The standard InChI is InChI=1S/C57H110O6/c1-6-9-10-11-12-25-32-37-42-47-55(58)61-50-54(51-62-56(59)48-43-38-33-28-24-23-27-31-36-41-46-53(5)8-3)63-57(60)49-44-39-34-29-22-20-18-16-14-13-15-17-19-21-26-30-35-40-45-52(4)7-2/h52-54H,6-51H2,1-5H3/t52?,53?,54-/m1/s1. The third kappa shape index (κ3) is 48.2. The molecule has 0 amide bonds. The van der Waals surface area contributed by atoms with Crippen molar-refractivity contribution in [1.29, 1.82) is 0 Å². The van der Waals surface area contributed by atoms with Crippen LogP contribution in [0.1, 0.15) is 317 Å². The average Bonchev–Trinajstić information content (AvgIpc) is 3.28. The van der Waals surface area contributed by atoms with E-state index in [4.69, 9.17) is 14.2 Å². The number of carbonyl (C=O) groups excluding carboxylic acids is 3. The molecule has 6 nitrogen and oxygen atoms in total. The molecule has 0 heterocycles. The highest BCUT2D eigenvalue weighted by Crippen LogP contribution is 2.19. The zero-order valence-corrected chi connectivity index (χ0v) is 43.2. The van der Waals surface area contributed by atoms with Crippen LogP contribution in [0.3, 0.4) is 0 Å². The van der Waals surface area contributed by atoms with Crippen LogP contribution >= 0.6 is 0 Å². The van der Waals surface area contributed by atoms with Gasteiger partial charge in [0.1, 0.15) is 13.2 Å². The molecule has 0 rings (SSSR count). The molecule has 0 N–H and O–H groups in total. The molecule has 0 aliphatic heterocycles. The van der Waals surface area contributed by atoms with Crippen LogP contribution in [0.15, 0.2) is 0 Å². The van der Waals surface area contributed by atoms with Gasteiger partial charge in [-0.1, -0.05) is 279 Å². The lowest BCUT2D eigenvalue weighted by Crippen LogP contribution is -2.30. The van der Waals surface area contributed by atoms with E-state index in [-0.39, 0.29) is 31.1 Å². The predicted molar refractivity (Wildman–Crippen MR) is 270 cm³/mol. The molecule has 0 aromatic heterocycles.